The first-order valence-electron chi connectivity index (χ1n) is 7.13. The minimum absolute atomic E-state index is 0.452. The molecule has 1 aliphatic heterocycles. The fraction of sp³-hybridized carbons (Fsp3) is 1.00. The summed E-state index contributed by atoms with van der Waals surface area (Å²) in [5, 5.41) is 3.72. The topological polar surface area (TPSA) is 15.3 Å². The SMILES string of the molecule is CCC(CC)(CNCC1CCCCN1C)SC. The predicted molar refractivity (Wildman–Crippen MR) is 80.0 cm³/mol. The van der Waals surface area contributed by atoms with Gasteiger partial charge in [0.05, 0.1) is 0 Å². The molecule has 0 aromatic heterocycles. The van der Waals surface area contributed by atoms with Crippen LogP contribution in [0.1, 0.15) is 46.0 Å². The highest BCUT2D eigenvalue weighted by Crippen LogP contribution is 2.29. The first-order chi connectivity index (χ1) is 8.17. The van der Waals surface area contributed by atoms with Gasteiger partial charge in [0.25, 0.3) is 0 Å². The standard InChI is InChI=1S/C14H30N2S/c1-5-14(6-2,17-4)12-15-11-13-9-7-8-10-16(13)3/h13,15H,5-12H2,1-4H3. The Labute approximate surface area is 112 Å². The van der Waals surface area contributed by atoms with Gasteiger partial charge < -0.3 is 10.2 Å². The van der Waals surface area contributed by atoms with Gasteiger partial charge in [-0.15, -0.1) is 0 Å². The van der Waals surface area contributed by atoms with Gasteiger partial charge in [0.2, 0.25) is 0 Å². The molecule has 0 saturated carbocycles. The molecule has 0 spiro atoms. The monoisotopic (exact) mass is 258 g/mol. The highest BCUT2D eigenvalue weighted by molar-refractivity contribution is 8.00. The molecule has 1 heterocycles. The van der Waals surface area contributed by atoms with Crippen molar-refractivity contribution in [1.82, 2.24) is 10.2 Å². The van der Waals surface area contributed by atoms with Crippen molar-refractivity contribution >= 4 is 11.8 Å². The number of nitrogens with zero attached hydrogens (tertiary/aromatic N) is 1. The first kappa shape index (κ1) is 15.3. The molecule has 1 rings (SSSR count). The third-order valence-electron chi connectivity index (χ3n) is 4.47. The van der Waals surface area contributed by atoms with Crippen molar-refractivity contribution in [3.05, 3.63) is 0 Å². The zero-order valence-electron chi connectivity index (χ0n) is 12.1. The molecule has 0 radical (unpaired) electrons. The second kappa shape index (κ2) is 7.65. The summed E-state index contributed by atoms with van der Waals surface area (Å²) in [6, 6.07) is 0.761. The normalized spacial score (nSPS) is 22.9. The van der Waals surface area contributed by atoms with Crippen molar-refractivity contribution in [3.63, 3.8) is 0 Å². The molecule has 17 heavy (non-hydrogen) atoms. The fourth-order valence-corrected chi connectivity index (χ4v) is 3.55. The van der Waals surface area contributed by atoms with Crippen LogP contribution in [0.3, 0.4) is 0 Å². The molecule has 3 heteroatoms. The van der Waals surface area contributed by atoms with Gasteiger partial charge in [-0.05, 0) is 45.5 Å². The summed E-state index contributed by atoms with van der Waals surface area (Å²) >= 11 is 2.03. The molecule has 1 saturated heterocycles. The van der Waals surface area contributed by atoms with E-state index < -0.39 is 0 Å². The maximum absolute atomic E-state index is 3.72. The van der Waals surface area contributed by atoms with E-state index in [9.17, 15) is 0 Å². The van der Waals surface area contributed by atoms with Gasteiger partial charge in [-0.3, -0.25) is 0 Å². The Morgan fingerprint density at radius 2 is 2.00 bits per heavy atom. The van der Waals surface area contributed by atoms with Crippen LogP contribution in [-0.2, 0) is 0 Å². The number of nitrogens with one attached hydrogen (secondary N) is 1. The molecule has 1 N–H and O–H groups in total. The van der Waals surface area contributed by atoms with E-state index >= 15 is 0 Å². The summed E-state index contributed by atoms with van der Waals surface area (Å²) in [6.07, 6.45) is 8.93. The molecule has 1 fully saturated rings. The van der Waals surface area contributed by atoms with Crippen LogP contribution in [0.4, 0.5) is 0 Å². The van der Waals surface area contributed by atoms with Crippen LogP contribution in [0.15, 0.2) is 0 Å². The Hall–Kier alpha value is 0.270. The van der Waals surface area contributed by atoms with Crippen molar-refractivity contribution in [2.45, 2.75) is 56.7 Å². The van der Waals surface area contributed by atoms with E-state index in [-0.39, 0.29) is 0 Å². The Kier molecular flexibility index (Phi) is 6.90. The molecule has 0 bridgehead atoms. The zero-order chi connectivity index (χ0) is 12.7. The van der Waals surface area contributed by atoms with E-state index in [2.05, 4.69) is 37.4 Å². The fourth-order valence-electron chi connectivity index (χ4n) is 2.73. The van der Waals surface area contributed by atoms with Crippen LogP contribution in [0.2, 0.25) is 0 Å². The van der Waals surface area contributed by atoms with Gasteiger partial charge >= 0.3 is 0 Å². The maximum Gasteiger partial charge on any atom is 0.0276 e. The summed E-state index contributed by atoms with van der Waals surface area (Å²) in [6.45, 7) is 8.23. The molecule has 1 unspecified atom stereocenters. The van der Waals surface area contributed by atoms with E-state index in [0.717, 1.165) is 12.6 Å². The molecule has 2 nitrogen and oxygen atoms in total. The summed E-state index contributed by atoms with van der Waals surface area (Å²) in [5.74, 6) is 0. The number of thioether (sulfide) groups is 1. The Morgan fingerprint density at radius 3 is 2.53 bits per heavy atom. The van der Waals surface area contributed by atoms with E-state index in [1.807, 2.05) is 11.8 Å². The van der Waals surface area contributed by atoms with Crippen molar-refractivity contribution in [3.8, 4) is 0 Å². The predicted octanol–water partition coefficient (Wildman–Crippen LogP) is 2.98. The van der Waals surface area contributed by atoms with Crippen LogP contribution < -0.4 is 5.32 Å². The number of hydrogen-bond acceptors (Lipinski definition) is 3. The lowest BCUT2D eigenvalue weighted by molar-refractivity contribution is 0.180. The first-order valence-corrected chi connectivity index (χ1v) is 8.36. The number of likely N-dealkylation sites (N-methyl/N-ethyl adjacent to an activating group) is 1. The Bertz CT molecular complexity index is 196. The van der Waals surface area contributed by atoms with Crippen molar-refractivity contribution < 1.29 is 0 Å². The smallest absolute Gasteiger partial charge is 0.0276 e. The van der Waals surface area contributed by atoms with Crippen molar-refractivity contribution in [1.29, 1.82) is 0 Å². The average Bonchev–Trinajstić information content (AvgIpc) is 2.37. The van der Waals surface area contributed by atoms with Gasteiger partial charge in [0.1, 0.15) is 0 Å². The summed E-state index contributed by atoms with van der Waals surface area (Å²) in [4.78, 5) is 2.52. The lowest BCUT2D eigenvalue weighted by Crippen LogP contribution is -2.46. The number of piperidine rings is 1. The number of likely N-dealkylation sites (tertiary alicyclic amines) is 1. The van der Waals surface area contributed by atoms with Crippen LogP contribution in [0, 0.1) is 0 Å². The van der Waals surface area contributed by atoms with Gasteiger partial charge in [-0.1, -0.05) is 20.3 Å². The average molecular weight is 258 g/mol. The van der Waals surface area contributed by atoms with Gasteiger partial charge in [0, 0.05) is 23.9 Å². The molecule has 0 aliphatic carbocycles. The van der Waals surface area contributed by atoms with Gasteiger partial charge in [-0.2, -0.15) is 11.8 Å². The third kappa shape index (κ3) is 4.46. The van der Waals surface area contributed by atoms with Crippen LogP contribution in [0.5, 0.6) is 0 Å². The Morgan fingerprint density at radius 1 is 1.29 bits per heavy atom. The van der Waals surface area contributed by atoms with E-state index in [0.29, 0.717) is 4.75 Å². The largest absolute Gasteiger partial charge is 0.314 e. The van der Waals surface area contributed by atoms with Crippen molar-refractivity contribution in [2.75, 3.05) is 32.9 Å². The quantitative estimate of drug-likeness (QED) is 0.756. The van der Waals surface area contributed by atoms with Crippen LogP contribution in [0.25, 0.3) is 0 Å². The summed E-state index contributed by atoms with van der Waals surface area (Å²) in [5.41, 5.74) is 0. The highest BCUT2D eigenvalue weighted by Gasteiger charge is 2.25. The number of hydrogen-bond donors (Lipinski definition) is 1. The molecule has 1 atom stereocenters. The van der Waals surface area contributed by atoms with Crippen LogP contribution >= 0.6 is 11.8 Å². The molecule has 0 amide bonds. The van der Waals surface area contributed by atoms with E-state index in [1.54, 1.807) is 0 Å². The molecule has 0 aromatic rings. The minimum Gasteiger partial charge on any atom is -0.314 e. The lowest BCUT2D eigenvalue weighted by atomic mass is 10.0. The summed E-state index contributed by atoms with van der Waals surface area (Å²) < 4.78 is 0.452. The number of rotatable bonds is 7. The third-order valence-corrected chi connectivity index (χ3v) is 6.06. The second-order valence-electron chi connectivity index (χ2n) is 5.36. The van der Waals surface area contributed by atoms with Gasteiger partial charge in [-0.25, -0.2) is 0 Å². The van der Waals surface area contributed by atoms with Crippen LogP contribution in [-0.4, -0.2) is 48.6 Å². The molecule has 102 valence electrons. The molecule has 1 aliphatic rings. The summed E-state index contributed by atoms with van der Waals surface area (Å²) in [7, 11) is 2.27. The zero-order valence-corrected chi connectivity index (χ0v) is 12.9. The molecular formula is C14H30N2S. The minimum atomic E-state index is 0.452. The van der Waals surface area contributed by atoms with E-state index in [1.165, 1.54) is 45.2 Å². The van der Waals surface area contributed by atoms with Gasteiger partial charge in [0.15, 0.2) is 0 Å². The second-order valence-corrected chi connectivity index (χ2v) is 6.63. The lowest BCUT2D eigenvalue weighted by Gasteiger charge is -2.35. The van der Waals surface area contributed by atoms with Crippen molar-refractivity contribution in [2.24, 2.45) is 0 Å². The molecule has 0 aromatic carbocycles. The Balaban J connectivity index is 2.30. The maximum atomic E-state index is 3.72. The molecular weight excluding hydrogens is 228 g/mol. The highest BCUT2D eigenvalue weighted by atomic mass is 32.2. The van der Waals surface area contributed by atoms with E-state index in [4.69, 9.17) is 0 Å².